The molecule has 3 aromatic rings. The van der Waals surface area contributed by atoms with Crippen molar-refractivity contribution in [3.05, 3.63) is 70.1 Å². The molecule has 0 radical (unpaired) electrons. The fourth-order valence-electron chi connectivity index (χ4n) is 3.72. The van der Waals surface area contributed by atoms with Gasteiger partial charge in [0.05, 0.1) is 11.4 Å². The highest BCUT2D eigenvalue weighted by molar-refractivity contribution is 5.67. The third kappa shape index (κ3) is 2.69. The van der Waals surface area contributed by atoms with Crippen molar-refractivity contribution in [3.8, 4) is 5.69 Å². The van der Waals surface area contributed by atoms with Gasteiger partial charge in [0, 0.05) is 32.0 Å². The van der Waals surface area contributed by atoms with Crippen molar-refractivity contribution >= 4 is 17.1 Å². The Labute approximate surface area is 153 Å². The zero-order valence-electron chi connectivity index (χ0n) is 15.5. The van der Waals surface area contributed by atoms with Gasteiger partial charge in [-0.2, -0.15) is 0 Å². The summed E-state index contributed by atoms with van der Waals surface area (Å²) in [5, 5.41) is 3.36. The smallest absolute Gasteiger partial charge is 0.295 e. The van der Waals surface area contributed by atoms with Gasteiger partial charge in [0.15, 0.2) is 0 Å². The van der Waals surface area contributed by atoms with Gasteiger partial charge in [-0.15, -0.1) is 0 Å². The van der Waals surface area contributed by atoms with Crippen LogP contribution in [0.2, 0.25) is 0 Å². The Balaban J connectivity index is 1.73. The normalized spacial score (nSPS) is 13.6. The lowest BCUT2D eigenvalue weighted by Crippen LogP contribution is -2.24. The van der Waals surface area contributed by atoms with Crippen LogP contribution in [0, 0.1) is 6.92 Å². The van der Waals surface area contributed by atoms with Gasteiger partial charge in [-0.05, 0) is 55.7 Å². The van der Waals surface area contributed by atoms with Gasteiger partial charge in [-0.25, -0.2) is 4.68 Å². The molecule has 5 nitrogen and oxygen atoms in total. The van der Waals surface area contributed by atoms with Crippen LogP contribution in [-0.2, 0) is 13.5 Å². The molecule has 26 heavy (non-hydrogen) atoms. The molecule has 4 rings (SSSR count). The third-order valence-corrected chi connectivity index (χ3v) is 5.25. The topological polar surface area (TPSA) is 42.2 Å². The summed E-state index contributed by atoms with van der Waals surface area (Å²) in [6, 6.07) is 16.1. The lowest BCUT2D eigenvalue weighted by molar-refractivity contribution is 0.630. The number of nitrogens with one attached hydrogen (secondary N) is 1. The van der Waals surface area contributed by atoms with E-state index in [1.54, 1.807) is 4.68 Å². The first kappa shape index (κ1) is 16.5. The molecule has 0 saturated carbocycles. The highest BCUT2D eigenvalue weighted by Gasteiger charge is 2.18. The second kappa shape index (κ2) is 6.41. The minimum absolute atomic E-state index is 0.0361. The predicted molar refractivity (Wildman–Crippen MR) is 107 cm³/mol. The summed E-state index contributed by atoms with van der Waals surface area (Å²) in [6.45, 7) is 3.06. The highest BCUT2D eigenvalue weighted by atomic mass is 16.1. The Kier molecular flexibility index (Phi) is 4.07. The van der Waals surface area contributed by atoms with Crippen molar-refractivity contribution in [1.29, 1.82) is 0 Å². The van der Waals surface area contributed by atoms with Gasteiger partial charge in [-0.3, -0.25) is 9.48 Å². The first-order chi connectivity index (χ1) is 12.6. The fourth-order valence-corrected chi connectivity index (χ4v) is 3.72. The Morgan fingerprint density at radius 3 is 2.58 bits per heavy atom. The van der Waals surface area contributed by atoms with Gasteiger partial charge in [0.2, 0.25) is 0 Å². The summed E-state index contributed by atoms with van der Waals surface area (Å²) in [7, 11) is 4.04. The van der Waals surface area contributed by atoms with Gasteiger partial charge < -0.3 is 10.2 Å². The van der Waals surface area contributed by atoms with E-state index in [4.69, 9.17) is 0 Å². The summed E-state index contributed by atoms with van der Waals surface area (Å²) in [5.41, 5.74) is 5.95. The monoisotopic (exact) mass is 348 g/mol. The van der Waals surface area contributed by atoms with Crippen molar-refractivity contribution in [3.63, 3.8) is 0 Å². The van der Waals surface area contributed by atoms with E-state index in [2.05, 4.69) is 35.5 Å². The number of aryl methyl sites for hydroxylation is 1. The largest absolute Gasteiger partial charge is 0.374 e. The van der Waals surface area contributed by atoms with Crippen LogP contribution in [0.1, 0.15) is 17.7 Å². The van der Waals surface area contributed by atoms with Crippen LogP contribution >= 0.6 is 0 Å². The van der Waals surface area contributed by atoms with E-state index in [0.29, 0.717) is 5.69 Å². The van der Waals surface area contributed by atoms with Crippen molar-refractivity contribution in [2.24, 2.45) is 7.05 Å². The predicted octanol–water partition coefficient (Wildman–Crippen LogP) is 3.61. The zero-order chi connectivity index (χ0) is 18.3. The number of hydrogen-bond acceptors (Lipinski definition) is 3. The summed E-state index contributed by atoms with van der Waals surface area (Å²) < 4.78 is 3.59. The Morgan fingerprint density at radius 1 is 1.04 bits per heavy atom. The van der Waals surface area contributed by atoms with Crippen LogP contribution in [0.25, 0.3) is 5.69 Å². The highest BCUT2D eigenvalue weighted by Crippen LogP contribution is 2.30. The molecule has 0 saturated heterocycles. The maximum atomic E-state index is 13.0. The van der Waals surface area contributed by atoms with E-state index in [1.807, 2.05) is 49.0 Å². The minimum atomic E-state index is -0.0361. The quantitative estimate of drug-likeness (QED) is 0.786. The Morgan fingerprint density at radius 2 is 1.81 bits per heavy atom. The molecule has 5 heteroatoms. The number of anilines is 3. The SMILES string of the molecule is Cc1c(Nc2ccc3c(c2)CCCN3C)c(=O)n(-c2ccccc2)n1C. The first-order valence-electron chi connectivity index (χ1n) is 9.01. The van der Waals surface area contributed by atoms with Crippen LogP contribution in [-0.4, -0.2) is 23.0 Å². The number of para-hydroxylation sites is 1. The second-order valence-electron chi connectivity index (χ2n) is 6.93. The molecule has 1 aliphatic heterocycles. The molecule has 0 bridgehead atoms. The summed E-state index contributed by atoms with van der Waals surface area (Å²) in [4.78, 5) is 15.3. The molecule has 0 amide bonds. The van der Waals surface area contributed by atoms with Gasteiger partial charge in [-0.1, -0.05) is 18.2 Å². The summed E-state index contributed by atoms with van der Waals surface area (Å²) in [6.07, 6.45) is 2.25. The summed E-state index contributed by atoms with van der Waals surface area (Å²) >= 11 is 0. The van der Waals surface area contributed by atoms with Crippen molar-refractivity contribution in [1.82, 2.24) is 9.36 Å². The van der Waals surface area contributed by atoms with Crippen molar-refractivity contribution in [2.45, 2.75) is 19.8 Å². The minimum Gasteiger partial charge on any atom is -0.374 e. The maximum Gasteiger partial charge on any atom is 0.295 e. The molecule has 1 aromatic heterocycles. The molecule has 134 valence electrons. The van der Waals surface area contributed by atoms with Crippen molar-refractivity contribution < 1.29 is 0 Å². The number of rotatable bonds is 3. The zero-order valence-corrected chi connectivity index (χ0v) is 15.5. The molecular weight excluding hydrogens is 324 g/mol. The van der Waals surface area contributed by atoms with Crippen LogP contribution < -0.4 is 15.8 Å². The fraction of sp³-hybridized carbons (Fsp3) is 0.286. The molecule has 1 aliphatic rings. The second-order valence-corrected chi connectivity index (χ2v) is 6.93. The lowest BCUT2D eigenvalue weighted by atomic mass is 10.0. The van der Waals surface area contributed by atoms with Crippen LogP contribution in [0.15, 0.2) is 53.3 Å². The summed E-state index contributed by atoms with van der Waals surface area (Å²) in [5.74, 6) is 0. The third-order valence-electron chi connectivity index (χ3n) is 5.25. The van der Waals surface area contributed by atoms with Gasteiger partial charge in [0.1, 0.15) is 5.69 Å². The number of hydrogen-bond donors (Lipinski definition) is 1. The Bertz CT molecular complexity index is 1000. The van der Waals surface area contributed by atoms with Crippen molar-refractivity contribution in [2.75, 3.05) is 23.8 Å². The van der Waals surface area contributed by atoms with Crippen LogP contribution in [0.3, 0.4) is 0 Å². The molecule has 2 aromatic carbocycles. The molecule has 0 fully saturated rings. The average molecular weight is 348 g/mol. The first-order valence-corrected chi connectivity index (χ1v) is 9.01. The van der Waals surface area contributed by atoms with Crippen LogP contribution in [0.5, 0.6) is 0 Å². The average Bonchev–Trinajstić information content (AvgIpc) is 2.86. The Hall–Kier alpha value is -2.95. The maximum absolute atomic E-state index is 13.0. The number of benzene rings is 2. The molecule has 0 spiro atoms. The molecule has 2 heterocycles. The van der Waals surface area contributed by atoms with Gasteiger partial charge >= 0.3 is 0 Å². The number of aromatic nitrogens is 2. The number of fused-ring (bicyclic) bond motifs is 1. The molecule has 1 N–H and O–H groups in total. The van der Waals surface area contributed by atoms with Crippen LogP contribution in [0.4, 0.5) is 17.1 Å². The van der Waals surface area contributed by atoms with E-state index in [1.165, 1.54) is 11.3 Å². The van der Waals surface area contributed by atoms with E-state index in [9.17, 15) is 4.79 Å². The number of nitrogens with zero attached hydrogens (tertiary/aromatic N) is 3. The van der Waals surface area contributed by atoms with E-state index in [-0.39, 0.29) is 5.56 Å². The van der Waals surface area contributed by atoms with E-state index < -0.39 is 0 Å². The molecule has 0 atom stereocenters. The standard InChI is InChI=1S/C21H24N4O/c1-15-20(21(26)25(24(15)3)18-9-5-4-6-10-18)22-17-11-12-19-16(14-17)8-7-13-23(19)2/h4-6,9-12,14,22H,7-8,13H2,1-3H3. The molecule has 0 aliphatic carbocycles. The van der Waals surface area contributed by atoms with Gasteiger partial charge in [0.25, 0.3) is 5.56 Å². The molecular formula is C21H24N4O. The molecule has 0 unspecified atom stereocenters. The van der Waals surface area contributed by atoms with E-state index >= 15 is 0 Å². The van der Waals surface area contributed by atoms with E-state index in [0.717, 1.165) is 36.5 Å². The lowest BCUT2D eigenvalue weighted by Gasteiger charge is -2.27.